The van der Waals surface area contributed by atoms with Crippen molar-refractivity contribution >= 4 is 40.0 Å². The second-order valence-electron chi connectivity index (χ2n) is 5.38. The lowest BCUT2D eigenvalue weighted by molar-refractivity contribution is -0.136. The molecule has 1 aromatic heterocycles. The van der Waals surface area contributed by atoms with Gasteiger partial charge in [-0.05, 0) is 24.1 Å². The monoisotopic (exact) mass is 343 g/mol. The van der Waals surface area contributed by atoms with Crippen molar-refractivity contribution in [2.24, 2.45) is 0 Å². The molecule has 5 nitrogen and oxygen atoms in total. The molecule has 1 heterocycles. The van der Waals surface area contributed by atoms with Crippen molar-refractivity contribution in [3.8, 4) is 0 Å². The van der Waals surface area contributed by atoms with Gasteiger partial charge in [0.1, 0.15) is 5.58 Å². The van der Waals surface area contributed by atoms with Gasteiger partial charge in [-0.1, -0.05) is 30.3 Å². The molecule has 0 fully saturated rings. The first-order valence-electron chi connectivity index (χ1n) is 7.29. The summed E-state index contributed by atoms with van der Waals surface area (Å²) in [5.41, 5.74) is 7.99. The van der Waals surface area contributed by atoms with Crippen LogP contribution in [-0.2, 0) is 11.2 Å². The van der Waals surface area contributed by atoms with Crippen LogP contribution in [0.3, 0.4) is 0 Å². The summed E-state index contributed by atoms with van der Waals surface area (Å²) < 4.78 is 5.48. The number of ketones is 1. The molecule has 0 aliphatic heterocycles. The number of halogens is 1. The second-order valence-corrected chi connectivity index (χ2v) is 5.73. The fourth-order valence-corrected chi connectivity index (χ4v) is 2.94. The smallest absolute Gasteiger partial charge is 0.303 e. The van der Waals surface area contributed by atoms with Crippen LogP contribution < -0.4 is 5.73 Å². The molecule has 122 valence electrons. The molecule has 0 atom stereocenters. The Bertz CT molecular complexity index is 931. The number of anilines is 1. The summed E-state index contributed by atoms with van der Waals surface area (Å²) in [6, 6.07) is 11.9. The van der Waals surface area contributed by atoms with Gasteiger partial charge < -0.3 is 15.3 Å². The van der Waals surface area contributed by atoms with E-state index in [0.717, 1.165) is 0 Å². The van der Waals surface area contributed by atoms with Gasteiger partial charge in [0.05, 0.1) is 0 Å². The van der Waals surface area contributed by atoms with Gasteiger partial charge in [0.25, 0.3) is 0 Å². The predicted molar refractivity (Wildman–Crippen MR) is 91.5 cm³/mol. The SMILES string of the molecule is Nc1cc(C(=O)c2ccccc2)c2c(CCC(=O)O)c(Cl)oc2c1. The lowest BCUT2D eigenvalue weighted by Crippen LogP contribution is -2.04. The normalized spacial score (nSPS) is 10.9. The molecule has 0 radical (unpaired) electrons. The molecular weight excluding hydrogens is 330 g/mol. The van der Waals surface area contributed by atoms with Gasteiger partial charge in [0, 0.05) is 40.3 Å². The number of benzene rings is 2. The number of carboxylic acids is 1. The minimum atomic E-state index is -0.952. The topological polar surface area (TPSA) is 93.5 Å². The number of nitrogens with two attached hydrogens (primary N) is 1. The van der Waals surface area contributed by atoms with Gasteiger partial charge in [-0.2, -0.15) is 0 Å². The van der Waals surface area contributed by atoms with E-state index in [4.69, 9.17) is 26.9 Å². The van der Waals surface area contributed by atoms with Crippen LogP contribution in [0.1, 0.15) is 27.9 Å². The molecule has 24 heavy (non-hydrogen) atoms. The summed E-state index contributed by atoms with van der Waals surface area (Å²) in [4.78, 5) is 23.7. The Hall–Kier alpha value is -2.79. The maximum Gasteiger partial charge on any atom is 0.303 e. The predicted octanol–water partition coefficient (Wildman–Crippen LogP) is 3.92. The lowest BCUT2D eigenvalue weighted by Gasteiger charge is -2.06. The highest BCUT2D eigenvalue weighted by atomic mass is 35.5. The minimum absolute atomic E-state index is 0.0824. The fraction of sp³-hybridized carbons (Fsp3) is 0.111. The van der Waals surface area contributed by atoms with Gasteiger partial charge in [-0.15, -0.1) is 0 Å². The summed E-state index contributed by atoms with van der Waals surface area (Å²) >= 11 is 6.11. The molecule has 0 amide bonds. The maximum absolute atomic E-state index is 12.9. The summed E-state index contributed by atoms with van der Waals surface area (Å²) in [5.74, 6) is -1.17. The Balaban J connectivity index is 2.19. The minimum Gasteiger partial charge on any atom is -0.481 e. The number of aliphatic carboxylic acids is 1. The third kappa shape index (κ3) is 2.98. The number of carbonyl (C=O) groups excluding carboxylic acids is 1. The third-order valence-corrected chi connectivity index (χ3v) is 4.04. The fourth-order valence-electron chi connectivity index (χ4n) is 2.66. The number of fused-ring (bicyclic) bond motifs is 1. The van der Waals surface area contributed by atoms with Crippen LogP contribution in [-0.4, -0.2) is 16.9 Å². The third-order valence-electron chi connectivity index (χ3n) is 3.73. The van der Waals surface area contributed by atoms with Crippen LogP contribution in [0.5, 0.6) is 0 Å². The molecule has 0 saturated carbocycles. The summed E-state index contributed by atoms with van der Waals surface area (Å²) in [7, 11) is 0. The lowest BCUT2D eigenvalue weighted by atomic mass is 9.96. The zero-order chi connectivity index (χ0) is 17.3. The first-order valence-corrected chi connectivity index (χ1v) is 7.67. The Morgan fingerprint density at radius 3 is 2.54 bits per heavy atom. The molecule has 0 saturated heterocycles. The van der Waals surface area contributed by atoms with Crippen molar-refractivity contribution < 1.29 is 19.1 Å². The second kappa shape index (κ2) is 6.37. The number of hydrogen-bond donors (Lipinski definition) is 2. The molecule has 3 aromatic rings. The van der Waals surface area contributed by atoms with Gasteiger partial charge in [-0.3, -0.25) is 9.59 Å². The highest BCUT2D eigenvalue weighted by Crippen LogP contribution is 2.35. The van der Waals surface area contributed by atoms with Crippen molar-refractivity contribution in [2.75, 3.05) is 5.73 Å². The number of rotatable bonds is 5. The number of nitrogen functional groups attached to an aromatic ring is 1. The van der Waals surface area contributed by atoms with E-state index in [-0.39, 0.29) is 23.8 Å². The molecule has 0 aliphatic rings. The first-order chi connectivity index (χ1) is 11.5. The maximum atomic E-state index is 12.9. The van der Waals surface area contributed by atoms with Crippen molar-refractivity contribution in [1.82, 2.24) is 0 Å². The molecule has 0 aliphatic carbocycles. The molecule has 0 unspecified atom stereocenters. The van der Waals surface area contributed by atoms with Crippen molar-refractivity contribution in [3.63, 3.8) is 0 Å². The Morgan fingerprint density at radius 2 is 1.88 bits per heavy atom. The van der Waals surface area contributed by atoms with E-state index in [9.17, 15) is 9.59 Å². The van der Waals surface area contributed by atoms with Gasteiger partial charge in [0.2, 0.25) is 0 Å². The van der Waals surface area contributed by atoms with E-state index >= 15 is 0 Å². The Morgan fingerprint density at radius 1 is 1.17 bits per heavy atom. The molecular formula is C18H14ClNO4. The molecule has 2 aromatic carbocycles. The largest absolute Gasteiger partial charge is 0.481 e. The Labute approximate surface area is 142 Å². The number of carbonyl (C=O) groups is 2. The number of hydrogen-bond acceptors (Lipinski definition) is 4. The average molecular weight is 344 g/mol. The number of furan rings is 1. The van der Waals surface area contributed by atoms with Crippen LogP contribution in [0.4, 0.5) is 5.69 Å². The van der Waals surface area contributed by atoms with Crippen LogP contribution in [0.2, 0.25) is 5.22 Å². The van der Waals surface area contributed by atoms with E-state index in [1.54, 1.807) is 36.4 Å². The van der Waals surface area contributed by atoms with Gasteiger partial charge >= 0.3 is 5.97 Å². The molecule has 0 spiro atoms. The van der Waals surface area contributed by atoms with Crippen LogP contribution >= 0.6 is 11.6 Å². The van der Waals surface area contributed by atoms with Crippen molar-refractivity contribution in [3.05, 3.63) is 64.4 Å². The zero-order valence-electron chi connectivity index (χ0n) is 12.6. The van der Waals surface area contributed by atoms with E-state index in [0.29, 0.717) is 33.3 Å². The van der Waals surface area contributed by atoms with Gasteiger partial charge in [0.15, 0.2) is 11.0 Å². The van der Waals surface area contributed by atoms with E-state index in [1.807, 2.05) is 6.07 Å². The van der Waals surface area contributed by atoms with Crippen LogP contribution in [0, 0.1) is 0 Å². The van der Waals surface area contributed by atoms with Crippen molar-refractivity contribution in [2.45, 2.75) is 12.8 Å². The molecule has 3 N–H and O–H groups in total. The van der Waals surface area contributed by atoms with Gasteiger partial charge in [-0.25, -0.2) is 0 Å². The number of aryl methyl sites for hydroxylation is 1. The summed E-state index contributed by atoms with van der Waals surface area (Å²) in [5, 5.41) is 9.52. The standard InChI is InChI=1S/C18H14ClNO4/c19-18-12(6-7-15(21)22)16-13(8-11(20)9-14(16)24-18)17(23)10-4-2-1-3-5-10/h1-5,8-9H,6-7,20H2,(H,21,22). The van der Waals surface area contributed by atoms with Crippen molar-refractivity contribution in [1.29, 1.82) is 0 Å². The summed E-state index contributed by atoms with van der Waals surface area (Å²) in [6.45, 7) is 0. The molecule has 0 bridgehead atoms. The Kier molecular flexibility index (Phi) is 4.27. The summed E-state index contributed by atoms with van der Waals surface area (Å²) in [6.07, 6.45) is 0.0534. The average Bonchev–Trinajstić information content (AvgIpc) is 2.87. The highest BCUT2D eigenvalue weighted by molar-refractivity contribution is 6.31. The first kappa shape index (κ1) is 16.1. The zero-order valence-corrected chi connectivity index (χ0v) is 13.3. The highest BCUT2D eigenvalue weighted by Gasteiger charge is 2.22. The van der Waals surface area contributed by atoms with Crippen LogP contribution in [0.15, 0.2) is 46.9 Å². The van der Waals surface area contributed by atoms with Crippen LogP contribution in [0.25, 0.3) is 11.0 Å². The quantitative estimate of drug-likeness (QED) is 0.541. The number of carboxylic acid groups (broad SMARTS) is 1. The molecule has 6 heteroatoms. The van der Waals surface area contributed by atoms with E-state index in [2.05, 4.69) is 0 Å². The molecule has 3 rings (SSSR count). The van der Waals surface area contributed by atoms with E-state index in [1.165, 1.54) is 0 Å². The van der Waals surface area contributed by atoms with E-state index < -0.39 is 5.97 Å².